The number of rotatable bonds is 5. The first-order valence-electron chi connectivity index (χ1n) is 19.0. The van der Waals surface area contributed by atoms with E-state index in [1.807, 2.05) is 60.7 Å². The van der Waals surface area contributed by atoms with Crippen molar-refractivity contribution in [1.29, 1.82) is 0 Å². The molecule has 0 atom stereocenters. The number of aromatic nitrogens is 4. The third kappa shape index (κ3) is 5.19. The van der Waals surface area contributed by atoms with Gasteiger partial charge in [-0.25, -0.2) is 15.0 Å². The van der Waals surface area contributed by atoms with Gasteiger partial charge in [-0.15, -0.1) is 11.3 Å². The topological polar surface area (TPSA) is 56.7 Å². The van der Waals surface area contributed by atoms with Crippen LogP contribution in [0.4, 0.5) is 0 Å². The fraction of sp³-hybridized carbons (Fsp3) is 0. The van der Waals surface area contributed by atoms with E-state index in [4.69, 9.17) is 19.4 Å². The van der Waals surface area contributed by atoms with Crippen LogP contribution in [0.5, 0.6) is 0 Å². The molecular weight excluding hydrogens is 717 g/mol. The number of benzene rings is 8. The average Bonchev–Trinajstić information content (AvgIpc) is 3.95. The van der Waals surface area contributed by atoms with Crippen molar-refractivity contribution in [3.63, 3.8) is 0 Å². The van der Waals surface area contributed by atoms with Crippen LogP contribution in [0, 0.1) is 0 Å². The zero-order valence-corrected chi connectivity index (χ0v) is 31.2. The van der Waals surface area contributed by atoms with Crippen LogP contribution in [-0.2, 0) is 0 Å². The molecule has 266 valence electrons. The maximum Gasteiger partial charge on any atom is 0.164 e. The third-order valence-corrected chi connectivity index (χ3v) is 12.2. The van der Waals surface area contributed by atoms with Crippen LogP contribution in [0.3, 0.4) is 0 Å². The fourth-order valence-electron chi connectivity index (χ4n) is 8.32. The van der Waals surface area contributed by atoms with Crippen LogP contribution in [0.2, 0.25) is 0 Å². The van der Waals surface area contributed by atoms with Gasteiger partial charge in [0.2, 0.25) is 0 Å². The van der Waals surface area contributed by atoms with Crippen molar-refractivity contribution in [2.75, 3.05) is 0 Å². The summed E-state index contributed by atoms with van der Waals surface area (Å²) in [6.07, 6.45) is 0. The van der Waals surface area contributed by atoms with Crippen molar-refractivity contribution in [3.05, 3.63) is 182 Å². The number of thiophene rings is 1. The quantitative estimate of drug-likeness (QED) is 0.176. The van der Waals surface area contributed by atoms with Gasteiger partial charge in [0.1, 0.15) is 11.2 Å². The molecule has 0 amide bonds. The van der Waals surface area contributed by atoms with E-state index in [2.05, 4.69) is 126 Å². The molecule has 12 aromatic rings. The van der Waals surface area contributed by atoms with Crippen molar-refractivity contribution >= 4 is 75.3 Å². The normalized spacial score (nSPS) is 11.9. The Kier molecular flexibility index (Phi) is 7.03. The molecule has 0 saturated heterocycles. The highest BCUT2D eigenvalue weighted by molar-refractivity contribution is 7.25. The molecule has 0 fully saturated rings. The van der Waals surface area contributed by atoms with Gasteiger partial charge < -0.3 is 8.98 Å². The molecular formula is C51H30N4OS. The standard InChI is InChI=1S/C51H30N4OS/c1-3-11-31(12-4-1)49-52-50(32-13-5-2-6-14-32)54-51(53-49)35-19-23-40-42-28-34(21-26-47(42)57-48(40)29-35)33-20-25-45-41(27-33)39-24-22-36(30-46(39)56-45)55-43-17-9-7-15-37(43)38-16-8-10-18-44(38)55/h1-30H. The van der Waals surface area contributed by atoms with E-state index in [9.17, 15) is 0 Å². The van der Waals surface area contributed by atoms with E-state index < -0.39 is 0 Å². The van der Waals surface area contributed by atoms with Gasteiger partial charge in [-0.1, -0.05) is 121 Å². The van der Waals surface area contributed by atoms with Gasteiger partial charge >= 0.3 is 0 Å². The van der Waals surface area contributed by atoms with Gasteiger partial charge in [-0.05, 0) is 65.7 Å². The Labute approximate surface area is 330 Å². The van der Waals surface area contributed by atoms with Crippen molar-refractivity contribution in [2.24, 2.45) is 0 Å². The smallest absolute Gasteiger partial charge is 0.164 e. The predicted molar refractivity (Wildman–Crippen MR) is 236 cm³/mol. The number of furan rings is 1. The summed E-state index contributed by atoms with van der Waals surface area (Å²) in [5.41, 5.74) is 10.4. The summed E-state index contributed by atoms with van der Waals surface area (Å²) >= 11 is 1.79. The molecule has 0 spiro atoms. The molecule has 6 heteroatoms. The van der Waals surface area contributed by atoms with Crippen LogP contribution in [-0.4, -0.2) is 19.5 Å². The zero-order valence-electron chi connectivity index (χ0n) is 30.4. The SMILES string of the molecule is c1ccc(-c2nc(-c3ccccc3)nc(-c3ccc4c(c3)sc3ccc(-c5ccc6oc7cc(-n8c9ccccc9c9ccccc98)ccc7c6c5)cc34)n2)cc1. The number of fused-ring (bicyclic) bond motifs is 9. The first-order chi connectivity index (χ1) is 28.2. The molecule has 0 saturated carbocycles. The van der Waals surface area contributed by atoms with Crippen LogP contribution in [0.15, 0.2) is 186 Å². The van der Waals surface area contributed by atoms with E-state index in [1.165, 1.54) is 47.5 Å². The summed E-state index contributed by atoms with van der Waals surface area (Å²) in [6.45, 7) is 0. The number of para-hydroxylation sites is 2. The molecule has 5 nitrogen and oxygen atoms in total. The zero-order chi connectivity index (χ0) is 37.5. The number of hydrogen-bond acceptors (Lipinski definition) is 5. The van der Waals surface area contributed by atoms with Crippen LogP contribution < -0.4 is 0 Å². The number of hydrogen-bond donors (Lipinski definition) is 0. The van der Waals surface area contributed by atoms with Gasteiger partial charge in [-0.3, -0.25) is 0 Å². The Morgan fingerprint density at radius 2 is 0.912 bits per heavy atom. The number of nitrogens with zero attached hydrogens (tertiary/aromatic N) is 4. The molecule has 0 unspecified atom stereocenters. The predicted octanol–water partition coefficient (Wildman–Crippen LogP) is 13.9. The maximum atomic E-state index is 6.51. The monoisotopic (exact) mass is 746 g/mol. The summed E-state index contributed by atoms with van der Waals surface area (Å²) in [7, 11) is 0. The molecule has 0 aliphatic rings. The van der Waals surface area contributed by atoms with E-state index >= 15 is 0 Å². The second-order valence-electron chi connectivity index (χ2n) is 14.4. The molecule has 8 aromatic carbocycles. The Hall–Kier alpha value is -7.41. The second-order valence-corrected chi connectivity index (χ2v) is 15.5. The van der Waals surface area contributed by atoms with Crippen molar-refractivity contribution < 1.29 is 4.42 Å². The highest BCUT2D eigenvalue weighted by atomic mass is 32.1. The van der Waals surface area contributed by atoms with Crippen LogP contribution >= 0.6 is 11.3 Å². The van der Waals surface area contributed by atoms with Crippen molar-refractivity contribution in [3.8, 4) is 51.0 Å². The van der Waals surface area contributed by atoms with Gasteiger partial charge in [0.15, 0.2) is 17.5 Å². The largest absolute Gasteiger partial charge is 0.456 e. The molecule has 0 aliphatic carbocycles. The minimum absolute atomic E-state index is 0.658. The van der Waals surface area contributed by atoms with Gasteiger partial charge in [-0.2, -0.15) is 0 Å². The van der Waals surface area contributed by atoms with E-state index in [0.717, 1.165) is 49.9 Å². The Balaban J connectivity index is 0.925. The second kappa shape index (κ2) is 12.6. The van der Waals surface area contributed by atoms with Crippen LogP contribution in [0.25, 0.3) is 115 Å². The summed E-state index contributed by atoms with van der Waals surface area (Å²) in [4.78, 5) is 14.8. The molecule has 12 rings (SSSR count). The Morgan fingerprint density at radius 3 is 1.60 bits per heavy atom. The lowest BCUT2D eigenvalue weighted by molar-refractivity contribution is 0.668. The summed E-state index contributed by atoms with van der Waals surface area (Å²) in [6, 6.07) is 63.9. The van der Waals surface area contributed by atoms with Crippen molar-refractivity contribution in [2.45, 2.75) is 0 Å². The fourth-order valence-corrected chi connectivity index (χ4v) is 9.44. The Morgan fingerprint density at radius 1 is 0.351 bits per heavy atom. The van der Waals surface area contributed by atoms with Gasteiger partial charge in [0, 0.05) is 70.2 Å². The molecule has 0 N–H and O–H groups in total. The third-order valence-electron chi connectivity index (χ3n) is 11.1. The molecule has 4 heterocycles. The minimum Gasteiger partial charge on any atom is -0.456 e. The molecule has 0 aliphatic heterocycles. The molecule has 4 aromatic heterocycles. The molecule has 0 radical (unpaired) electrons. The summed E-state index contributed by atoms with van der Waals surface area (Å²) in [5, 5.41) is 7.16. The minimum atomic E-state index is 0.658. The van der Waals surface area contributed by atoms with E-state index in [0.29, 0.717) is 17.5 Å². The molecule has 0 bridgehead atoms. The van der Waals surface area contributed by atoms with Gasteiger partial charge in [0.25, 0.3) is 0 Å². The average molecular weight is 747 g/mol. The first-order valence-corrected chi connectivity index (χ1v) is 19.8. The highest BCUT2D eigenvalue weighted by Crippen LogP contribution is 2.40. The Bertz CT molecular complexity index is 3420. The van der Waals surface area contributed by atoms with E-state index in [1.54, 1.807) is 11.3 Å². The van der Waals surface area contributed by atoms with Gasteiger partial charge in [0.05, 0.1) is 11.0 Å². The summed E-state index contributed by atoms with van der Waals surface area (Å²) in [5.74, 6) is 1.98. The highest BCUT2D eigenvalue weighted by Gasteiger charge is 2.17. The lowest BCUT2D eigenvalue weighted by atomic mass is 10.0. The maximum absolute atomic E-state index is 6.51. The van der Waals surface area contributed by atoms with Crippen LogP contribution in [0.1, 0.15) is 0 Å². The molecule has 57 heavy (non-hydrogen) atoms. The van der Waals surface area contributed by atoms with Crippen molar-refractivity contribution in [1.82, 2.24) is 19.5 Å². The lowest BCUT2D eigenvalue weighted by Gasteiger charge is -2.08. The van der Waals surface area contributed by atoms with E-state index in [-0.39, 0.29) is 0 Å². The first kappa shape index (κ1) is 31.9. The lowest BCUT2D eigenvalue weighted by Crippen LogP contribution is -1.99. The summed E-state index contributed by atoms with van der Waals surface area (Å²) < 4.78 is 11.3.